The summed E-state index contributed by atoms with van der Waals surface area (Å²) in [6, 6.07) is 10.8. The van der Waals surface area contributed by atoms with Crippen LogP contribution in [0, 0.1) is 11.6 Å². The lowest BCUT2D eigenvalue weighted by atomic mass is 10.0. The van der Waals surface area contributed by atoms with Gasteiger partial charge in [0.15, 0.2) is 11.6 Å². The maximum absolute atomic E-state index is 14.0. The van der Waals surface area contributed by atoms with E-state index in [0.29, 0.717) is 24.2 Å². The highest BCUT2D eigenvalue weighted by molar-refractivity contribution is 6.31. The van der Waals surface area contributed by atoms with Gasteiger partial charge in [-0.25, -0.2) is 13.8 Å². The first-order chi connectivity index (χ1) is 15.8. The zero-order valence-corrected chi connectivity index (χ0v) is 18.8. The predicted molar refractivity (Wildman–Crippen MR) is 123 cm³/mol. The van der Waals surface area contributed by atoms with E-state index in [1.54, 1.807) is 24.4 Å². The Kier molecular flexibility index (Phi) is 6.76. The third-order valence-electron chi connectivity index (χ3n) is 5.65. The van der Waals surface area contributed by atoms with Gasteiger partial charge in [-0.2, -0.15) is 0 Å². The summed E-state index contributed by atoms with van der Waals surface area (Å²) in [5, 5.41) is -0.335. The highest BCUT2D eigenvalue weighted by atomic mass is 35.5. The number of nitrogen functional groups attached to an aromatic ring is 1. The lowest BCUT2D eigenvalue weighted by Crippen LogP contribution is -2.47. The Balaban J connectivity index is 1.49. The molecule has 3 aromatic rings. The minimum Gasteiger partial charge on any atom is -0.485 e. The summed E-state index contributed by atoms with van der Waals surface area (Å²) in [5.74, 6) is -1.09. The van der Waals surface area contributed by atoms with Gasteiger partial charge in [0, 0.05) is 49.1 Å². The normalized spacial score (nSPS) is 14.4. The van der Waals surface area contributed by atoms with Crippen molar-refractivity contribution in [1.29, 1.82) is 0 Å². The third-order valence-corrected chi connectivity index (χ3v) is 6.06. The van der Waals surface area contributed by atoms with Crippen molar-refractivity contribution in [3.63, 3.8) is 0 Å². The molecule has 4 rings (SSSR count). The Morgan fingerprint density at radius 2 is 1.73 bits per heavy atom. The first kappa shape index (κ1) is 22.9. The number of nitrogens with zero attached hydrogens (tertiary/aromatic N) is 3. The summed E-state index contributed by atoms with van der Waals surface area (Å²) in [6.07, 6.45) is 1.58. The van der Waals surface area contributed by atoms with E-state index in [2.05, 4.69) is 9.88 Å². The highest BCUT2D eigenvalue weighted by Crippen LogP contribution is 2.30. The number of halogens is 3. The van der Waals surface area contributed by atoms with Crippen LogP contribution in [0.2, 0.25) is 5.02 Å². The van der Waals surface area contributed by atoms with Gasteiger partial charge in [-0.05, 0) is 42.9 Å². The van der Waals surface area contributed by atoms with Crippen molar-refractivity contribution in [2.75, 3.05) is 39.0 Å². The number of aromatic nitrogens is 1. The summed E-state index contributed by atoms with van der Waals surface area (Å²) < 4.78 is 33.3. The standard InChI is InChI=1S/C24H23ClF2N4O2/c1-30-8-10-31(11-9-30)24(32)16-4-2-15(3-5-16)17-12-21(23(28)29-13-17)33-14-18-19(26)6-7-20(27)22(18)25/h2-7,12-13H,8-11,14H2,1H3,(H2,28,29). The van der Waals surface area contributed by atoms with E-state index >= 15 is 0 Å². The topological polar surface area (TPSA) is 71.7 Å². The summed E-state index contributed by atoms with van der Waals surface area (Å²) in [7, 11) is 2.04. The van der Waals surface area contributed by atoms with E-state index in [9.17, 15) is 13.6 Å². The fraction of sp³-hybridized carbons (Fsp3) is 0.250. The van der Waals surface area contributed by atoms with Gasteiger partial charge in [-0.1, -0.05) is 23.7 Å². The second-order valence-electron chi connectivity index (χ2n) is 7.89. The number of amides is 1. The molecule has 0 aliphatic carbocycles. The summed E-state index contributed by atoms with van der Waals surface area (Å²) in [4.78, 5) is 20.9. The van der Waals surface area contributed by atoms with Crippen LogP contribution in [0.5, 0.6) is 5.75 Å². The predicted octanol–water partition coefficient (Wildman–Crippen LogP) is 4.23. The van der Waals surface area contributed by atoms with E-state index in [-0.39, 0.29) is 34.7 Å². The van der Waals surface area contributed by atoms with Crippen LogP contribution in [-0.2, 0) is 6.61 Å². The third kappa shape index (κ3) is 5.07. The number of nitrogens with two attached hydrogens (primary N) is 1. The smallest absolute Gasteiger partial charge is 0.253 e. The molecule has 6 nitrogen and oxygen atoms in total. The molecule has 0 radical (unpaired) electrons. The van der Waals surface area contributed by atoms with Crippen molar-refractivity contribution >= 4 is 23.3 Å². The number of pyridine rings is 1. The van der Waals surface area contributed by atoms with Crippen molar-refractivity contribution in [2.45, 2.75) is 6.61 Å². The van der Waals surface area contributed by atoms with Gasteiger partial charge in [0.05, 0.1) is 5.02 Å². The maximum atomic E-state index is 14.0. The van der Waals surface area contributed by atoms with Gasteiger partial charge < -0.3 is 20.3 Å². The number of carbonyl (C=O) groups is 1. The monoisotopic (exact) mass is 472 g/mol. The molecule has 2 heterocycles. The molecule has 9 heteroatoms. The molecule has 1 saturated heterocycles. The minimum absolute atomic E-state index is 0.00287. The Labute approximate surface area is 195 Å². The first-order valence-electron chi connectivity index (χ1n) is 10.4. The molecule has 0 unspecified atom stereocenters. The van der Waals surface area contributed by atoms with Crippen LogP contribution in [0.4, 0.5) is 14.6 Å². The van der Waals surface area contributed by atoms with Crippen molar-refractivity contribution in [3.05, 3.63) is 76.4 Å². The van der Waals surface area contributed by atoms with Crippen LogP contribution in [0.3, 0.4) is 0 Å². The van der Waals surface area contributed by atoms with E-state index in [1.165, 1.54) is 0 Å². The molecule has 2 aromatic carbocycles. The highest BCUT2D eigenvalue weighted by Gasteiger charge is 2.20. The number of ether oxygens (including phenoxy) is 1. The van der Waals surface area contributed by atoms with Crippen molar-refractivity contribution in [3.8, 4) is 16.9 Å². The molecular formula is C24H23ClF2N4O2. The van der Waals surface area contributed by atoms with Crippen molar-refractivity contribution < 1.29 is 18.3 Å². The van der Waals surface area contributed by atoms with Crippen LogP contribution in [0.15, 0.2) is 48.7 Å². The van der Waals surface area contributed by atoms with Crippen molar-refractivity contribution in [2.24, 2.45) is 0 Å². The van der Waals surface area contributed by atoms with Crippen LogP contribution in [0.25, 0.3) is 11.1 Å². The largest absolute Gasteiger partial charge is 0.485 e. The quantitative estimate of drug-likeness (QED) is 0.563. The molecular weight excluding hydrogens is 450 g/mol. The summed E-state index contributed by atoms with van der Waals surface area (Å²) in [6.45, 7) is 2.81. The SMILES string of the molecule is CN1CCN(C(=O)c2ccc(-c3cnc(N)c(OCc4c(F)ccc(F)c4Cl)c3)cc2)CC1. The molecule has 1 aliphatic heterocycles. The van der Waals surface area contributed by atoms with Crippen molar-refractivity contribution in [1.82, 2.24) is 14.8 Å². The van der Waals surface area contributed by atoms with Gasteiger partial charge >= 0.3 is 0 Å². The van der Waals surface area contributed by atoms with Gasteiger partial charge in [-0.15, -0.1) is 0 Å². The molecule has 2 N–H and O–H groups in total. The average molecular weight is 473 g/mol. The molecule has 1 amide bonds. The molecule has 1 aromatic heterocycles. The molecule has 0 bridgehead atoms. The van der Waals surface area contributed by atoms with E-state index in [1.807, 2.05) is 24.1 Å². The zero-order chi connectivity index (χ0) is 23.5. The van der Waals surface area contributed by atoms with Crippen LogP contribution in [0.1, 0.15) is 15.9 Å². The summed E-state index contributed by atoms with van der Waals surface area (Å²) in [5.41, 5.74) is 7.91. The number of benzene rings is 2. The minimum atomic E-state index is -0.734. The number of rotatable bonds is 5. The number of anilines is 1. The molecule has 0 spiro atoms. The average Bonchev–Trinajstić information content (AvgIpc) is 2.83. The number of likely N-dealkylation sites (N-methyl/N-ethyl adjacent to an activating group) is 1. The Morgan fingerprint density at radius 3 is 2.42 bits per heavy atom. The van der Waals surface area contributed by atoms with E-state index in [0.717, 1.165) is 30.8 Å². The Hall–Kier alpha value is -3.23. The fourth-order valence-corrected chi connectivity index (χ4v) is 3.79. The van der Waals surface area contributed by atoms with Gasteiger partial charge in [0.2, 0.25) is 0 Å². The zero-order valence-electron chi connectivity index (χ0n) is 18.0. The van der Waals surface area contributed by atoms with E-state index in [4.69, 9.17) is 22.1 Å². The number of hydrogen-bond acceptors (Lipinski definition) is 5. The number of piperazine rings is 1. The van der Waals surface area contributed by atoms with E-state index < -0.39 is 11.6 Å². The van der Waals surface area contributed by atoms with Gasteiger partial charge in [0.25, 0.3) is 5.91 Å². The number of hydrogen-bond donors (Lipinski definition) is 1. The molecule has 33 heavy (non-hydrogen) atoms. The first-order valence-corrected chi connectivity index (χ1v) is 10.8. The molecule has 0 atom stereocenters. The Bertz CT molecular complexity index is 1170. The number of carbonyl (C=O) groups excluding carboxylic acids is 1. The lowest BCUT2D eigenvalue weighted by molar-refractivity contribution is 0.0664. The molecule has 1 aliphatic rings. The molecule has 1 fully saturated rings. The molecule has 172 valence electrons. The summed E-state index contributed by atoms with van der Waals surface area (Å²) >= 11 is 5.86. The Morgan fingerprint density at radius 1 is 1.06 bits per heavy atom. The second kappa shape index (κ2) is 9.72. The van der Waals surface area contributed by atoms with Crippen LogP contribution in [-0.4, -0.2) is 53.9 Å². The lowest BCUT2D eigenvalue weighted by Gasteiger charge is -2.32. The van der Waals surface area contributed by atoms with Crippen LogP contribution < -0.4 is 10.5 Å². The maximum Gasteiger partial charge on any atom is 0.253 e. The van der Waals surface area contributed by atoms with Gasteiger partial charge in [0.1, 0.15) is 18.2 Å². The molecule has 0 saturated carbocycles. The van der Waals surface area contributed by atoms with Crippen LogP contribution >= 0.6 is 11.6 Å². The fourth-order valence-electron chi connectivity index (χ4n) is 3.58. The van der Waals surface area contributed by atoms with Gasteiger partial charge in [-0.3, -0.25) is 4.79 Å². The second-order valence-corrected chi connectivity index (χ2v) is 8.27.